The van der Waals surface area contributed by atoms with Gasteiger partial charge in [-0.2, -0.15) is 0 Å². The van der Waals surface area contributed by atoms with E-state index < -0.39 is 11.9 Å². The molecular formula is C4H4BrO3. The third kappa shape index (κ3) is 3.80. The molecule has 0 aliphatic rings. The van der Waals surface area contributed by atoms with Crippen molar-refractivity contribution in [3.8, 4) is 0 Å². The van der Waals surface area contributed by atoms with Crippen molar-refractivity contribution in [2.24, 2.45) is 0 Å². The van der Waals surface area contributed by atoms with E-state index in [1.165, 1.54) is 0 Å². The fourth-order valence-electron chi connectivity index (χ4n) is 0.154. The van der Waals surface area contributed by atoms with Crippen LogP contribution in [0.15, 0.2) is 0 Å². The second kappa shape index (κ2) is 3.60. The van der Waals surface area contributed by atoms with E-state index in [0.717, 1.165) is 0 Å². The lowest BCUT2D eigenvalue weighted by Gasteiger charge is -1.91. The zero-order valence-electron chi connectivity index (χ0n) is 4.02. The van der Waals surface area contributed by atoms with Crippen molar-refractivity contribution in [1.29, 1.82) is 0 Å². The van der Waals surface area contributed by atoms with Gasteiger partial charge in [0.2, 0.25) is 0 Å². The standard InChI is InChI=1S/C4H4BrO3/c1-3(6)8-4(7)2-5/h1-2H2. The maximum absolute atomic E-state index is 10.1. The molecule has 0 unspecified atom stereocenters. The largest absolute Gasteiger partial charge is 0.393 e. The maximum atomic E-state index is 10.1. The molecule has 0 amide bonds. The third-order valence-electron chi connectivity index (χ3n) is 0.337. The Morgan fingerprint density at radius 1 is 1.62 bits per heavy atom. The van der Waals surface area contributed by atoms with Crippen LogP contribution >= 0.6 is 15.9 Å². The van der Waals surface area contributed by atoms with Crippen LogP contribution in [-0.4, -0.2) is 17.3 Å². The van der Waals surface area contributed by atoms with Gasteiger partial charge in [0.1, 0.15) is 5.33 Å². The second-order valence-corrected chi connectivity index (χ2v) is 1.54. The highest BCUT2D eigenvalue weighted by atomic mass is 79.9. The van der Waals surface area contributed by atoms with E-state index in [2.05, 4.69) is 27.6 Å². The monoisotopic (exact) mass is 179 g/mol. The number of ether oxygens (including phenoxy) is 1. The smallest absolute Gasteiger partial charge is 0.324 e. The second-order valence-electron chi connectivity index (χ2n) is 0.980. The predicted molar refractivity (Wildman–Crippen MR) is 30.2 cm³/mol. The van der Waals surface area contributed by atoms with E-state index in [4.69, 9.17) is 0 Å². The highest BCUT2D eigenvalue weighted by molar-refractivity contribution is 9.09. The van der Waals surface area contributed by atoms with Gasteiger partial charge in [-0.15, -0.1) is 0 Å². The number of halogens is 1. The summed E-state index contributed by atoms with van der Waals surface area (Å²) in [4.78, 5) is 19.9. The fourth-order valence-corrected chi connectivity index (χ4v) is 0.269. The number of esters is 2. The Kier molecular flexibility index (Phi) is 3.43. The number of hydrogen-bond donors (Lipinski definition) is 0. The van der Waals surface area contributed by atoms with Crippen LogP contribution in [-0.2, 0) is 14.3 Å². The predicted octanol–water partition coefficient (Wildman–Crippen LogP) is 0.285. The van der Waals surface area contributed by atoms with Crippen LogP contribution in [0.3, 0.4) is 0 Å². The molecule has 0 fully saturated rings. The van der Waals surface area contributed by atoms with Crippen LogP contribution in [0.25, 0.3) is 0 Å². The summed E-state index contributed by atoms with van der Waals surface area (Å²) in [5.74, 6) is -1.44. The molecule has 0 saturated carbocycles. The van der Waals surface area contributed by atoms with Gasteiger partial charge in [-0.05, 0) is 0 Å². The first-order chi connectivity index (χ1) is 3.66. The van der Waals surface area contributed by atoms with E-state index in [-0.39, 0.29) is 5.33 Å². The van der Waals surface area contributed by atoms with Crippen LogP contribution in [0.4, 0.5) is 0 Å². The number of alkyl halides is 1. The molecule has 0 heterocycles. The van der Waals surface area contributed by atoms with Crippen molar-refractivity contribution < 1.29 is 14.3 Å². The van der Waals surface area contributed by atoms with Crippen molar-refractivity contribution in [2.75, 3.05) is 5.33 Å². The van der Waals surface area contributed by atoms with Gasteiger partial charge in [-0.25, -0.2) is 0 Å². The molecule has 4 heteroatoms. The third-order valence-corrected chi connectivity index (χ3v) is 0.795. The molecular weight excluding hydrogens is 176 g/mol. The van der Waals surface area contributed by atoms with Gasteiger partial charge in [-0.1, -0.05) is 15.9 Å². The Balaban J connectivity index is 3.40. The van der Waals surface area contributed by atoms with Gasteiger partial charge in [0.15, 0.2) is 0 Å². The van der Waals surface area contributed by atoms with Crippen LogP contribution in [0, 0.1) is 6.92 Å². The lowest BCUT2D eigenvalue weighted by Crippen LogP contribution is -2.09. The molecule has 1 radical (unpaired) electrons. The fraction of sp³-hybridized carbons (Fsp3) is 0.250. The van der Waals surface area contributed by atoms with E-state index in [1.807, 2.05) is 0 Å². The Morgan fingerprint density at radius 3 is 2.25 bits per heavy atom. The summed E-state index contributed by atoms with van der Waals surface area (Å²) in [6, 6.07) is 0. The van der Waals surface area contributed by atoms with Gasteiger partial charge >= 0.3 is 11.9 Å². The first kappa shape index (κ1) is 7.62. The van der Waals surface area contributed by atoms with E-state index >= 15 is 0 Å². The molecule has 0 rings (SSSR count). The summed E-state index contributed by atoms with van der Waals surface area (Å²) in [5, 5.41) is 0.0221. The molecule has 0 N–H and O–H groups in total. The Bertz CT molecular complexity index is 110. The van der Waals surface area contributed by atoms with Crippen LogP contribution in [0.1, 0.15) is 0 Å². The summed E-state index contributed by atoms with van der Waals surface area (Å²) < 4.78 is 3.96. The summed E-state index contributed by atoms with van der Waals surface area (Å²) in [6.45, 7) is 2.82. The average molecular weight is 180 g/mol. The Hall–Kier alpha value is -0.380. The van der Waals surface area contributed by atoms with Crippen molar-refractivity contribution in [1.82, 2.24) is 0 Å². The summed E-state index contributed by atoms with van der Waals surface area (Å²) in [5.41, 5.74) is 0. The summed E-state index contributed by atoms with van der Waals surface area (Å²) in [6.07, 6.45) is 0. The molecule has 0 saturated heterocycles. The van der Waals surface area contributed by atoms with Gasteiger partial charge in [-0.3, -0.25) is 9.59 Å². The highest BCUT2D eigenvalue weighted by Crippen LogP contribution is 1.84. The van der Waals surface area contributed by atoms with Gasteiger partial charge in [0.05, 0.1) is 6.92 Å². The van der Waals surface area contributed by atoms with E-state index in [0.29, 0.717) is 0 Å². The van der Waals surface area contributed by atoms with Crippen molar-refractivity contribution >= 4 is 27.9 Å². The molecule has 8 heavy (non-hydrogen) atoms. The molecule has 3 nitrogen and oxygen atoms in total. The van der Waals surface area contributed by atoms with Gasteiger partial charge in [0, 0.05) is 0 Å². The van der Waals surface area contributed by atoms with E-state index in [1.54, 1.807) is 0 Å². The van der Waals surface area contributed by atoms with Crippen molar-refractivity contribution in [3.63, 3.8) is 0 Å². The number of carbonyl (C=O) groups excluding carboxylic acids is 2. The molecule has 0 atom stereocenters. The molecule has 0 aromatic rings. The molecule has 45 valence electrons. The van der Waals surface area contributed by atoms with E-state index in [9.17, 15) is 9.59 Å². The zero-order valence-corrected chi connectivity index (χ0v) is 5.60. The highest BCUT2D eigenvalue weighted by Gasteiger charge is 2.00. The Labute approximate surface area is 55.1 Å². The number of carbonyl (C=O) groups is 2. The molecule has 0 aromatic heterocycles. The summed E-state index contributed by atoms with van der Waals surface area (Å²) in [7, 11) is 0. The molecule has 0 aromatic carbocycles. The SMILES string of the molecule is [CH2]C(=O)OC(=O)CBr. The first-order valence-corrected chi connectivity index (χ1v) is 2.91. The molecule has 0 aliphatic heterocycles. The minimum absolute atomic E-state index is 0.0221. The number of rotatable bonds is 1. The minimum atomic E-state index is -0.825. The molecule has 0 bridgehead atoms. The summed E-state index contributed by atoms with van der Waals surface area (Å²) >= 11 is 2.79. The average Bonchev–Trinajstić information content (AvgIpc) is 1.65. The van der Waals surface area contributed by atoms with Gasteiger partial charge < -0.3 is 4.74 Å². The lowest BCUT2D eigenvalue weighted by molar-refractivity contribution is -0.154. The van der Waals surface area contributed by atoms with Crippen LogP contribution < -0.4 is 0 Å². The number of hydrogen-bond acceptors (Lipinski definition) is 3. The Morgan fingerprint density at radius 2 is 2.12 bits per heavy atom. The zero-order chi connectivity index (χ0) is 6.57. The molecule has 0 aliphatic carbocycles. The molecule has 0 spiro atoms. The van der Waals surface area contributed by atoms with Crippen molar-refractivity contribution in [3.05, 3.63) is 6.92 Å². The van der Waals surface area contributed by atoms with Crippen LogP contribution in [0.5, 0.6) is 0 Å². The van der Waals surface area contributed by atoms with Gasteiger partial charge in [0.25, 0.3) is 0 Å². The maximum Gasteiger partial charge on any atom is 0.324 e. The quantitative estimate of drug-likeness (QED) is 0.330. The minimum Gasteiger partial charge on any atom is -0.393 e. The first-order valence-electron chi connectivity index (χ1n) is 1.79. The topological polar surface area (TPSA) is 43.4 Å². The lowest BCUT2D eigenvalue weighted by atomic mass is 10.7. The van der Waals surface area contributed by atoms with Crippen molar-refractivity contribution in [2.45, 2.75) is 0 Å². The normalized spacial score (nSPS) is 8.25. The van der Waals surface area contributed by atoms with Crippen LogP contribution in [0.2, 0.25) is 0 Å².